The van der Waals surface area contributed by atoms with Gasteiger partial charge in [-0.05, 0) is 62.4 Å². The minimum atomic E-state index is 0.217. The molecule has 6 nitrogen and oxygen atoms in total. The highest BCUT2D eigenvalue weighted by Gasteiger charge is 2.35. The zero-order chi connectivity index (χ0) is 21.4. The molecule has 4 heterocycles. The Morgan fingerprint density at radius 2 is 1.97 bits per heavy atom. The lowest BCUT2D eigenvalue weighted by molar-refractivity contribution is 0.0563. The summed E-state index contributed by atoms with van der Waals surface area (Å²) in [5.41, 5.74) is 6.77. The quantitative estimate of drug-likeness (QED) is 0.625. The van der Waals surface area contributed by atoms with E-state index in [2.05, 4.69) is 64.6 Å². The van der Waals surface area contributed by atoms with E-state index in [0.29, 0.717) is 5.92 Å². The van der Waals surface area contributed by atoms with Crippen molar-refractivity contribution in [2.45, 2.75) is 38.8 Å². The number of hydrogen-bond donors (Lipinski definition) is 0. The topological polar surface area (TPSA) is 56.1 Å². The summed E-state index contributed by atoms with van der Waals surface area (Å²) < 4.78 is 7.53. The van der Waals surface area contributed by atoms with Crippen LogP contribution in [0.4, 0.5) is 5.69 Å². The molecule has 1 aromatic carbocycles. The van der Waals surface area contributed by atoms with Gasteiger partial charge in [0.2, 0.25) is 0 Å². The van der Waals surface area contributed by atoms with Crippen LogP contribution in [0.15, 0.2) is 48.7 Å². The highest BCUT2D eigenvalue weighted by molar-refractivity contribution is 5.78. The normalized spacial score (nSPS) is 20.0. The molecule has 31 heavy (non-hydrogen) atoms. The summed E-state index contributed by atoms with van der Waals surface area (Å²) in [7, 11) is 1.95. The minimum absolute atomic E-state index is 0.217. The van der Waals surface area contributed by atoms with Crippen molar-refractivity contribution in [3.8, 4) is 11.3 Å². The van der Waals surface area contributed by atoms with Crippen LogP contribution in [0, 0.1) is 12.8 Å². The van der Waals surface area contributed by atoms with Crippen LogP contribution in [0.2, 0.25) is 0 Å². The van der Waals surface area contributed by atoms with Gasteiger partial charge in [0.15, 0.2) is 0 Å². The van der Waals surface area contributed by atoms with E-state index in [4.69, 9.17) is 9.72 Å². The molecule has 0 saturated carbocycles. The van der Waals surface area contributed by atoms with E-state index < -0.39 is 0 Å². The number of hydrogen-bond acceptors (Lipinski definition) is 5. The van der Waals surface area contributed by atoms with E-state index in [-0.39, 0.29) is 12.1 Å². The molecule has 1 fully saturated rings. The summed E-state index contributed by atoms with van der Waals surface area (Å²) in [6, 6.07) is 13.5. The summed E-state index contributed by atoms with van der Waals surface area (Å²) >= 11 is 0. The summed E-state index contributed by atoms with van der Waals surface area (Å²) in [5.74, 6) is 0.508. The van der Waals surface area contributed by atoms with Gasteiger partial charge in [0.25, 0.3) is 0 Å². The number of fused-ring (bicyclic) bond motifs is 1. The zero-order valence-electron chi connectivity index (χ0n) is 18.4. The number of aryl methyl sites for hydroxylation is 2. The molecule has 2 aliphatic rings. The lowest BCUT2D eigenvalue weighted by atomic mass is 9.85. The van der Waals surface area contributed by atoms with Crippen LogP contribution >= 0.6 is 0 Å². The Bertz CT molecular complexity index is 1070. The van der Waals surface area contributed by atoms with Gasteiger partial charge in [-0.1, -0.05) is 29.5 Å². The maximum Gasteiger partial charge on any atom is 0.0911 e. The molecule has 160 valence electrons. The van der Waals surface area contributed by atoms with Crippen LogP contribution in [0.3, 0.4) is 0 Å². The molecule has 0 bridgehead atoms. The number of rotatable bonds is 4. The van der Waals surface area contributed by atoms with Crippen molar-refractivity contribution < 1.29 is 4.74 Å². The van der Waals surface area contributed by atoms with Gasteiger partial charge in [0.1, 0.15) is 0 Å². The van der Waals surface area contributed by atoms with Crippen molar-refractivity contribution in [3.05, 3.63) is 65.6 Å². The first-order chi connectivity index (χ1) is 15.1. The van der Waals surface area contributed by atoms with Crippen molar-refractivity contribution in [2.24, 2.45) is 13.0 Å². The second-order valence-electron chi connectivity index (χ2n) is 8.58. The largest absolute Gasteiger partial charge is 0.381 e. The average Bonchev–Trinajstić information content (AvgIpc) is 3.14. The van der Waals surface area contributed by atoms with Crippen LogP contribution in [-0.2, 0) is 11.8 Å². The number of anilines is 1. The van der Waals surface area contributed by atoms with E-state index in [0.717, 1.165) is 48.7 Å². The summed E-state index contributed by atoms with van der Waals surface area (Å²) in [6.07, 6.45) is 8.57. The monoisotopic (exact) mass is 415 g/mol. The van der Waals surface area contributed by atoms with E-state index in [1.165, 1.54) is 11.3 Å². The molecule has 0 N–H and O–H groups in total. The molecule has 6 heteroatoms. The minimum Gasteiger partial charge on any atom is -0.381 e. The Morgan fingerprint density at radius 1 is 1.13 bits per heavy atom. The lowest BCUT2D eigenvalue weighted by Gasteiger charge is -2.44. The predicted molar refractivity (Wildman–Crippen MR) is 123 cm³/mol. The second-order valence-corrected chi connectivity index (χ2v) is 8.58. The SMILES string of the molecule is Cc1nnn(C)c1-c1ccc2c(c1)C=C[C@@H](C)N2C(c1ccccn1)C1CCOCC1. The van der Waals surface area contributed by atoms with Crippen LogP contribution in [0.5, 0.6) is 0 Å². The fourth-order valence-electron chi connectivity index (χ4n) is 5.08. The average molecular weight is 416 g/mol. The molecule has 0 amide bonds. The van der Waals surface area contributed by atoms with Crippen molar-refractivity contribution in [1.82, 2.24) is 20.0 Å². The third-order valence-corrected chi connectivity index (χ3v) is 6.57. The van der Waals surface area contributed by atoms with Crippen LogP contribution in [0.25, 0.3) is 17.3 Å². The fourth-order valence-corrected chi connectivity index (χ4v) is 5.08. The lowest BCUT2D eigenvalue weighted by Crippen LogP contribution is -2.42. The van der Waals surface area contributed by atoms with Gasteiger partial charge in [-0.15, -0.1) is 5.10 Å². The van der Waals surface area contributed by atoms with Crippen LogP contribution in [0.1, 0.15) is 42.8 Å². The van der Waals surface area contributed by atoms with E-state index >= 15 is 0 Å². The molecule has 2 aromatic heterocycles. The van der Waals surface area contributed by atoms with Gasteiger partial charge in [0, 0.05) is 43.8 Å². The molecule has 1 unspecified atom stereocenters. The van der Waals surface area contributed by atoms with Gasteiger partial charge in [0.05, 0.1) is 23.1 Å². The van der Waals surface area contributed by atoms with Gasteiger partial charge in [-0.2, -0.15) is 0 Å². The maximum atomic E-state index is 5.68. The predicted octanol–water partition coefficient (Wildman–Crippen LogP) is 4.58. The van der Waals surface area contributed by atoms with Crippen molar-refractivity contribution >= 4 is 11.8 Å². The molecule has 0 radical (unpaired) electrons. The summed E-state index contributed by atoms with van der Waals surface area (Å²) in [4.78, 5) is 7.35. The molecule has 5 rings (SSSR count). The summed E-state index contributed by atoms with van der Waals surface area (Å²) in [6.45, 7) is 5.93. The maximum absolute atomic E-state index is 5.68. The first kappa shape index (κ1) is 19.9. The smallest absolute Gasteiger partial charge is 0.0911 e. The fraction of sp³-hybridized carbons (Fsp3) is 0.400. The molecule has 2 atom stereocenters. The molecule has 3 aromatic rings. The molecule has 2 aliphatic heterocycles. The summed E-state index contributed by atoms with van der Waals surface area (Å²) in [5, 5.41) is 8.40. The Morgan fingerprint density at radius 3 is 2.68 bits per heavy atom. The van der Waals surface area contributed by atoms with Crippen molar-refractivity contribution in [3.63, 3.8) is 0 Å². The van der Waals surface area contributed by atoms with E-state index in [1.807, 2.05) is 30.9 Å². The molecular formula is C25H29N5O. The van der Waals surface area contributed by atoms with E-state index in [9.17, 15) is 0 Å². The molecule has 0 spiro atoms. The van der Waals surface area contributed by atoms with Gasteiger partial charge in [-0.3, -0.25) is 4.98 Å². The van der Waals surface area contributed by atoms with Crippen molar-refractivity contribution in [1.29, 1.82) is 0 Å². The molecular weight excluding hydrogens is 386 g/mol. The number of benzene rings is 1. The van der Waals surface area contributed by atoms with Crippen LogP contribution in [-0.4, -0.2) is 39.2 Å². The Labute approximate surface area is 183 Å². The molecule has 1 saturated heterocycles. The Hall–Kier alpha value is -2.99. The third-order valence-electron chi connectivity index (χ3n) is 6.57. The highest BCUT2D eigenvalue weighted by Crippen LogP contribution is 2.43. The Kier molecular flexibility index (Phi) is 5.32. The number of pyridine rings is 1. The van der Waals surface area contributed by atoms with Gasteiger partial charge in [-0.25, -0.2) is 4.68 Å². The second kappa shape index (κ2) is 8.27. The zero-order valence-corrected chi connectivity index (χ0v) is 18.4. The number of aromatic nitrogens is 4. The van der Waals surface area contributed by atoms with Crippen molar-refractivity contribution in [2.75, 3.05) is 18.1 Å². The first-order valence-electron chi connectivity index (χ1n) is 11.1. The Balaban J connectivity index is 1.59. The van der Waals surface area contributed by atoms with Gasteiger partial charge >= 0.3 is 0 Å². The standard InChI is InChI=1S/C25H29N5O/c1-17-7-8-20-16-21(24-18(2)27-28-29(24)3)9-10-23(20)30(17)25(19-11-14-31-15-12-19)22-6-4-5-13-26-22/h4-10,13,16-17,19,25H,11-12,14-15H2,1-3H3/t17-,25?/m1/s1. The highest BCUT2D eigenvalue weighted by atomic mass is 16.5. The number of ether oxygens (including phenoxy) is 1. The van der Waals surface area contributed by atoms with E-state index in [1.54, 1.807) is 0 Å². The third kappa shape index (κ3) is 3.65. The van der Waals surface area contributed by atoms with Crippen LogP contribution < -0.4 is 4.90 Å². The van der Waals surface area contributed by atoms with Gasteiger partial charge < -0.3 is 9.64 Å². The first-order valence-corrected chi connectivity index (χ1v) is 11.1. The number of nitrogens with zero attached hydrogens (tertiary/aromatic N) is 5. The molecule has 0 aliphatic carbocycles.